The van der Waals surface area contributed by atoms with Gasteiger partial charge in [-0.25, -0.2) is 4.39 Å². The van der Waals surface area contributed by atoms with Gasteiger partial charge < -0.3 is 20.8 Å². The molecule has 1 atom stereocenters. The molecule has 1 unspecified atom stereocenters. The number of nitrogens with zero attached hydrogens (tertiary/aromatic N) is 1. The molecule has 3 aromatic rings. The van der Waals surface area contributed by atoms with Crippen molar-refractivity contribution in [2.24, 2.45) is 5.92 Å². The molecule has 0 aliphatic heterocycles. The third-order valence-electron chi connectivity index (χ3n) is 4.60. The molecule has 0 aliphatic carbocycles. The number of thiocarbonyl (C=S) groups is 1. The fourth-order valence-electron chi connectivity index (χ4n) is 3.08. The van der Waals surface area contributed by atoms with Crippen LogP contribution in [-0.2, 0) is 0 Å². The van der Waals surface area contributed by atoms with Crippen LogP contribution in [0, 0.1) is 30.0 Å². The molecule has 0 aliphatic rings. The molecular weight excluding hydrogens is 375 g/mol. The fraction of sp³-hybridized carbons (Fsp3) is 0.238. The van der Waals surface area contributed by atoms with Crippen LogP contribution in [-0.4, -0.2) is 5.11 Å². The largest absolute Gasteiger partial charge is 0.459 e. The van der Waals surface area contributed by atoms with E-state index in [4.69, 9.17) is 27.6 Å². The van der Waals surface area contributed by atoms with E-state index in [-0.39, 0.29) is 17.8 Å². The summed E-state index contributed by atoms with van der Waals surface area (Å²) in [7, 11) is 0. The number of aryl methyl sites for hydroxylation is 1. The van der Waals surface area contributed by atoms with Gasteiger partial charge in [-0.05, 0) is 61.5 Å². The van der Waals surface area contributed by atoms with Crippen molar-refractivity contribution >= 4 is 39.7 Å². The Kier molecular flexibility index (Phi) is 5.52. The number of halogens is 1. The van der Waals surface area contributed by atoms with Crippen LogP contribution in [0.15, 0.2) is 40.8 Å². The summed E-state index contributed by atoms with van der Waals surface area (Å²) in [5.41, 5.74) is 9.00. The average Bonchev–Trinajstić information content (AvgIpc) is 2.97. The molecule has 2 aromatic carbocycles. The van der Waals surface area contributed by atoms with Gasteiger partial charge >= 0.3 is 0 Å². The van der Waals surface area contributed by atoms with Gasteiger partial charge in [-0.2, -0.15) is 5.26 Å². The highest BCUT2D eigenvalue weighted by molar-refractivity contribution is 7.80. The predicted octanol–water partition coefficient (Wildman–Crippen LogP) is 5.02. The van der Waals surface area contributed by atoms with E-state index in [2.05, 4.69) is 16.7 Å². The second-order valence-electron chi connectivity index (χ2n) is 6.97. The minimum Gasteiger partial charge on any atom is -0.459 e. The Morgan fingerprint density at radius 3 is 2.68 bits per heavy atom. The lowest BCUT2D eigenvalue weighted by Gasteiger charge is -2.23. The molecule has 0 saturated heterocycles. The van der Waals surface area contributed by atoms with Crippen LogP contribution in [0.4, 0.5) is 15.8 Å². The van der Waals surface area contributed by atoms with Gasteiger partial charge in [0.15, 0.2) is 5.11 Å². The number of furan rings is 1. The van der Waals surface area contributed by atoms with Gasteiger partial charge in [0, 0.05) is 10.9 Å². The SMILES string of the molecule is Cc1c(C(NC(=S)Nc2cc(C#N)ccc2N)C(C)C)oc2ccc(F)cc12. The number of nitrogen functional groups attached to an aromatic ring is 1. The number of nitrogens with two attached hydrogens (primary N) is 1. The van der Waals surface area contributed by atoms with E-state index in [1.807, 2.05) is 20.8 Å². The quantitative estimate of drug-likeness (QED) is 0.424. The number of hydrogen-bond donors (Lipinski definition) is 3. The highest BCUT2D eigenvalue weighted by Gasteiger charge is 2.24. The van der Waals surface area contributed by atoms with Gasteiger partial charge in [0.2, 0.25) is 0 Å². The average molecular weight is 396 g/mol. The Morgan fingerprint density at radius 1 is 1.25 bits per heavy atom. The van der Waals surface area contributed by atoms with Crippen molar-refractivity contribution in [2.45, 2.75) is 26.8 Å². The number of nitriles is 1. The van der Waals surface area contributed by atoms with Crippen molar-refractivity contribution in [3.8, 4) is 6.07 Å². The smallest absolute Gasteiger partial charge is 0.171 e. The van der Waals surface area contributed by atoms with Crippen LogP contribution in [0.3, 0.4) is 0 Å². The highest BCUT2D eigenvalue weighted by Crippen LogP contribution is 2.33. The lowest BCUT2D eigenvalue weighted by Crippen LogP contribution is -2.35. The lowest BCUT2D eigenvalue weighted by molar-refractivity contribution is 0.388. The van der Waals surface area contributed by atoms with Crippen LogP contribution in [0.25, 0.3) is 11.0 Å². The summed E-state index contributed by atoms with van der Waals surface area (Å²) in [6.45, 7) is 5.98. The molecule has 7 heteroatoms. The van der Waals surface area contributed by atoms with Gasteiger partial charge in [0.05, 0.1) is 29.0 Å². The van der Waals surface area contributed by atoms with Crippen LogP contribution >= 0.6 is 12.2 Å². The van der Waals surface area contributed by atoms with E-state index < -0.39 is 0 Å². The summed E-state index contributed by atoms with van der Waals surface area (Å²) >= 11 is 5.45. The normalized spacial score (nSPS) is 12.0. The molecule has 5 nitrogen and oxygen atoms in total. The number of nitrogens with one attached hydrogen (secondary N) is 2. The van der Waals surface area contributed by atoms with Crippen molar-refractivity contribution < 1.29 is 8.81 Å². The van der Waals surface area contributed by atoms with E-state index in [1.54, 1.807) is 24.3 Å². The Morgan fingerprint density at radius 2 is 2.00 bits per heavy atom. The number of hydrogen-bond acceptors (Lipinski definition) is 4. The molecule has 0 radical (unpaired) electrons. The van der Waals surface area contributed by atoms with Crippen molar-refractivity contribution in [1.82, 2.24) is 5.32 Å². The van der Waals surface area contributed by atoms with Gasteiger partial charge in [0.25, 0.3) is 0 Å². The predicted molar refractivity (Wildman–Crippen MR) is 113 cm³/mol. The Bertz CT molecular complexity index is 1080. The number of benzene rings is 2. The molecule has 0 fully saturated rings. The van der Waals surface area contributed by atoms with Gasteiger partial charge in [-0.1, -0.05) is 13.8 Å². The maximum absolute atomic E-state index is 13.6. The Labute approximate surface area is 168 Å². The molecule has 0 saturated carbocycles. The second kappa shape index (κ2) is 7.87. The van der Waals surface area contributed by atoms with E-state index in [1.165, 1.54) is 12.1 Å². The van der Waals surface area contributed by atoms with E-state index >= 15 is 0 Å². The second-order valence-corrected chi connectivity index (χ2v) is 7.37. The maximum Gasteiger partial charge on any atom is 0.171 e. The molecule has 0 amide bonds. The minimum absolute atomic E-state index is 0.145. The monoisotopic (exact) mass is 396 g/mol. The molecule has 1 aromatic heterocycles. The summed E-state index contributed by atoms with van der Waals surface area (Å²) in [5, 5.41) is 16.5. The molecule has 144 valence electrons. The Hall–Kier alpha value is -3.11. The molecular formula is C21H21FN4OS. The summed E-state index contributed by atoms with van der Waals surface area (Å²) in [6.07, 6.45) is 0. The van der Waals surface area contributed by atoms with Crippen LogP contribution < -0.4 is 16.4 Å². The molecule has 0 spiro atoms. The first kappa shape index (κ1) is 19.6. The molecule has 0 bridgehead atoms. The van der Waals surface area contributed by atoms with Crippen molar-refractivity contribution in [1.29, 1.82) is 5.26 Å². The van der Waals surface area contributed by atoms with Crippen molar-refractivity contribution in [3.63, 3.8) is 0 Å². The van der Waals surface area contributed by atoms with Crippen molar-refractivity contribution in [2.75, 3.05) is 11.1 Å². The molecule has 1 heterocycles. The van der Waals surface area contributed by atoms with E-state index in [9.17, 15) is 4.39 Å². The highest BCUT2D eigenvalue weighted by atomic mass is 32.1. The molecule has 28 heavy (non-hydrogen) atoms. The first-order valence-corrected chi connectivity index (χ1v) is 9.26. The lowest BCUT2D eigenvalue weighted by atomic mass is 9.98. The topological polar surface area (TPSA) is 87.0 Å². The minimum atomic E-state index is -0.304. The third kappa shape index (κ3) is 3.92. The third-order valence-corrected chi connectivity index (χ3v) is 4.82. The van der Waals surface area contributed by atoms with Crippen LogP contribution in [0.1, 0.15) is 36.8 Å². The molecule has 4 N–H and O–H groups in total. The fourth-order valence-corrected chi connectivity index (χ4v) is 3.31. The summed E-state index contributed by atoms with van der Waals surface area (Å²) < 4.78 is 19.6. The number of rotatable bonds is 4. The summed E-state index contributed by atoms with van der Waals surface area (Å²) in [5.74, 6) is 0.548. The van der Waals surface area contributed by atoms with E-state index in [0.29, 0.717) is 33.4 Å². The van der Waals surface area contributed by atoms with Gasteiger partial charge in [-0.3, -0.25) is 0 Å². The van der Waals surface area contributed by atoms with E-state index in [0.717, 1.165) is 10.9 Å². The summed E-state index contributed by atoms with van der Waals surface area (Å²) in [4.78, 5) is 0. The summed E-state index contributed by atoms with van der Waals surface area (Å²) in [6, 6.07) is 11.3. The van der Waals surface area contributed by atoms with Gasteiger partial charge in [0.1, 0.15) is 17.2 Å². The zero-order valence-corrected chi connectivity index (χ0v) is 16.7. The first-order valence-electron chi connectivity index (χ1n) is 8.86. The van der Waals surface area contributed by atoms with Gasteiger partial charge in [-0.15, -0.1) is 0 Å². The van der Waals surface area contributed by atoms with Crippen molar-refractivity contribution in [3.05, 3.63) is 59.1 Å². The number of anilines is 2. The standard InChI is InChI=1S/C21H21FN4OS/c1-11(2)19(20-12(3)15-9-14(22)5-7-18(15)27-20)26-21(28)25-17-8-13(10-23)4-6-16(17)24/h4-9,11,19H,24H2,1-3H3,(H2,25,26,28). The van der Waals surface area contributed by atoms with Crippen LogP contribution in [0.2, 0.25) is 0 Å². The number of fused-ring (bicyclic) bond motifs is 1. The Balaban J connectivity index is 1.87. The molecule has 3 rings (SSSR count). The van der Waals surface area contributed by atoms with Crippen LogP contribution in [0.5, 0.6) is 0 Å². The maximum atomic E-state index is 13.6. The zero-order valence-electron chi connectivity index (χ0n) is 15.8. The first-order chi connectivity index (χ1) is 13.3. The zero-order chi connectivity index (χ0) is 20.4.